The summed E-state index contributed by atoms with van der Waals surface area (Å²) in [6.07, 6.45) is 0. The Hall–Kier alpha value is -2.68. The third-order valence-corrected chi connectivity index (χ3v) is 3.38. The molecule has 0 fully saturated rings. The third kappa shape index (κ3) is 1.38. The number of benzene rings is 2. The molecule has 19 heavy (non-hydrogen) atoms. The van der Waals surface area contributed by atoms with Gasteiger partial charge in [-0.3, -0.25) is 4.79 Å². The van der Waals surface area contributed by atoms with Crippen LogP contribution < -0.4 is 0 Å². The number of rotatable bonds is 1. The monoisotopic (exact) mass is 246 g/mol. The molecule has 0 unspecified atom stereocenters. The van der Waals surface area contributed by atoms with E-state index in [-0.39, 0.29) is 5.78 Å². The molecule has 90 valence electrons. The van der Waals surface area contributed by atoms with Crippen molar-refractivity contribution in [2.75, 3.05) is 0 Å². The number of ketones is 1. The SMILES string of the molecule is O=C1C(c2ccccc2)=Nn2c1cc1ccccc12. The zero-order valence-electron chi connectivity index (χ0n) is 10.1. The van der Waals surface area contributed by atoms with Gasteiger partial charge in [-0.25, -0.2) is 4.68 Å². The van der Waals surface area contributed by atoms with Crippen LogP contribution in [0.3, 0.4) is 0 Å². The zero-order chi connectivity index (χ0) is 12.8. The lowest BCUT2D eigenvalue weighted by Gasteiger charge is -1.97. The smallest absolute Gasteiger partial charge is 0.232 e. The Labute approximate surface area is 109 Å². The van der Waals surface area contributed by atoms with E-state index in [9.17, 15) is 4.79 Å². The maximum atomic E-state index is 12.4. The number of Topliss-reactive ketones (excluding diaryl/α,β-unsaturated/α-hetero) is 1. The number of aromatic nitrogens is 1. The van der Waals surface area contributed by atoms with Crippen LogP contribution in [0.15, 0.2) is 65.8 Å². The summed E-state index contributed by atoms with van der Waals surface area (Å²) in [4.78, 5) is 12.4. The summed E-state index contributed by atoms with van der Waals surface area (Å²) in [5, 5.41) is 5.52. The van der Waals surface area contributed by atoms with Gasteiger partial charge in [0.1, 0.15) is 11.4 Å². The molecule has 1 aliphatic rings. The fourth-order valence-corrected chi connectivity index (χ4v) is 2.46. The highest BCUT2D eigenvalue weighted by atomic mass is 16.1. The van der Waals surface area contributed by atoms with Crippen LogP contribution in [0.25, 0.3) is 10.9 Å². The summed E-state index contributed by atoms with van der Waals surface area (Å²) in [5.74, 6) is -0.0117. The summed E-state index contributed by atoms with van der Waals surface area (Å²) in [6.45, 7) is 0. The van der Waals surface area contributed by atoms with Gasteiger partial charge >= 0.3 is 0 Å². The van der Waals surface area contributed by atoms with Crippen molar-refractivity contribution in [3.05, 3.63) is 71.9 Å². The zero-order valence-corrected chi connectivity index (χ0v) is 10.1. The normalized spacial score (nSPS) is 13.7. The number of para-hydroxylation sites is 1. The Balaban J connectivity index is 1.96. The van der Waals surface area contributed by atoms with Gasteiger partial charge in [0.25, 0.3) is 0 Å². The van der Waals surface area contributed by atoms with E-state index in [4.69, 9.17) is 0 Å². The van der Waals surface area contributed by atoms with E-state index < -0.39 is 0 Å². The molecule has 0 saturated heterocycles. The van der Waals surface area contributed by atoms with E-state index in [1.54, 1.807) is 4.68 Å². The highest BCUT2D eigenvalue weighted by molar-refractivity contribution is 6.52. The summed E-state index contributed by atoms with van der Waals surface area (Å²) in [7, 11) is 0. The lowest BCUT2D eigenvalue weighted by atomic mass is 10.1. The maximum Gasteiger partial charge on any atom is 0.232 e. The first kappa shape index (κ1) is 10.3. The van der Waals surface area contributed by atoms with Gasteiger partial charge in [-0.15, -0.1) is 0 Å². The van der Waals surface area contributed by atoms with Crippen molar-refractivity contribution < 1.29 is 4.79 Å². The number of fused-ring (bicyclic) bond motifs is 3. The molecule has 2 heterocycles. The fourth-order valence-electron chi connectivity index (χ4n) is 2.46. The second-order valence-corrected chi connectivity index (χ2v) is 4.54. The number of carbonyl (C=O) groups excluding carboxylic acids is 1. The van der Waals surface area contributed by atoms with Crippen molar-refractivity contribution in [3.8, 4) is 0 Å². The van der Waals surface area contributed by atoms with Crippen LogP contribution in [0.5, 0.6) is 0 Å². The van der Waals surface area contributed by atoms with Crippen LogP contribution >= 0.6 is 0 Å². The minimum atomic E-state index is -0.0117. The molecule has 3 heteroatoms. The molecule has 3 nitrogen and oxygen atoms in total. The van der Waals surface area contributed by atoms with Crippen LogP contribution in [0.1, 0.15) is 16.1 Å². The first-order valence-corrected chi connectivity index (χ1v) is 6.14. The summed E-state index contributed by atoms with van der Waals surface area (Å²) in [5.41, 5.74) is 2.98. The summed E-state index contributed by atoms with van der Waals surface area (Å²) >= 11 is 0. The molecule has 0 spiro atoms. The van der Waals surface area contributed by atoms with Crippen LogP contribution in [-0.2, 0) is 0 Å². The molecule has 0 radical (unpaired) electrons. The molecule has 0 N–H and O–H groups in total. The number of hydrogen-bond donors (Lipinski definition) is 0. The number of hydrogen-bond acceptors (Lipinski definition) is 2. The summed E-state index contributed by atoms with van der Waals surface area (Å²) in [6, 6.07) is 19.4. The van der Waals surface area contributed by atoms with E-state index in [0.717, 1.165) is 16.5 Å². The molecule has 1 aromatic heterocycles. The van der Waals surface area contributed by atoms with Crippen LogP contribution in [0.2, 0.25) is 0 Å². The topological polar surface area (TPSA) is 34.4 Å². The highest BCUT2D eigenvalue weighted by Crippen LogP contribution is 2.25. The maximum absolute atomic E-state index is 12.4. The molecule has 3 aromatic rings. The standard InChI is InChI=1S/C16H10N2O/c19-16-14-10-12-8-4-5-9-13(12)18(14)17-15(16)11-6-2-1-3-7-11/h1-10H. The highest BCUT2D eigenvalue weighted by Gasteiger charge is 2.27. The molecule has 0 aliphatic carbocycles. The predicted octanol–water partition coefficient (Wildman–Crippen LogP) is 3.09. The number of nitrogens with zero attached hydrogens (tertiary/aromatic N) is 2. The van der Waals surface area contributed by atoms with Crippen molar-refractivity contribution in [1.82, 2.24) is 4.68 Å². The second kappa shape index (κ2) is 3.65. The Morgan fingerprint density at radius 1 is 0.895 bits per heavy atom. The van der Waals surface area contributed by atoms with E-state index in [0.29, 0.717) is 11.4 Å². The third-order valence-electron chi connectivity index (χ3n) is 3.38. The van der Waals surface area contributed by atoms with Crippen LogP contribution in [-0.4, -0.2) is 16.2 Å². The number of carbonyl (C=O) groups is 1. The minimum Gasteiger partial charge on any atom is -0.285 e. The van der Waals surface area contributed by atoms with Crippen molar-refractivity contribution in [1.29, 1.82) is 0 Å². The first-order chi connectivity index (χ1) is 9.34. The quantitative estimate of drug-likeness (QED) is 0.649. The lowest BCUT2D eigenvalue weighted by Crippen LogP contribution is -2.10. The van der Waals surface area contributed by atoms with E-state index in [1.165, 1.54) is 0 Å². The van der Waals surface area contributed by atoms with Gasteiger partial charge in [-0.2, -0.15) is 5.10 Å². The van der Waals surface area contributed by atoms with E-state index in [2.05, 4.69) is 5.10 Å². The van der Waals surface area contributed by atoms with Crippen molar-refractivity contribution >= 4 is 22.4 Å². The Morgan fingerprint density at radius 2 is 1.63 bits per heavy atom. The summed E-state index contributed by atoms with van der Waals surface area (Å²) < 4.78 is 1.74. The average molecular weight is 246 g/mol. The van der Waals surface area contributed by atoms with E-state index in [1.807, 2.05) is 60.7 Å². The Morgan fingerprint density at radius 3 is 2.47 bits per heavy atom. The van der Waals surface area contributed by atoms with Gasteiger partial charge in [0.05, 0.1) is 5.52 Å². The molecule has 0 amide bonds. The first-order valence-electron chi connectivity index (χ1n) is 6.14. The molecule has 4 rings (SSSR count). The molecule has 0 saturated carbocycles. The van der Waals surface area contributed by atoms with Gasteiger partial charge in [0, 0.05) is 10.9 Å². The molecular formula is C16H10N2O. The van der Waals surface area contributed by atoms with Gasteiger partial charge < -0.3 is 0 Å². The van der Waals surface area contributed by atoms with Crippen LogP contribution in [0, 0.1) is 0 Å². The Bertz CT molecular complexity index is 828. The molecular weight excluding hydrogens is 236 g/mol. The van der Waals surface area contributed by atoms with Crippen LogP contribution in [0.4, 0.5) is 0 Å². The fraction of sp³-hybridized carbons (Fsp3) is 0. The molecule has 1 aliphatic heterocycles. The minimum absolute atomic E-state index is 0.0117. The van der Waals surface area contributed by atoms with Gasteiger partial charge in [-0.05, 0) is 12.1 Å². The molecule has 0 bridgehead atoms. The van der Waals surface area contributed by atoms with Crippen molar-refractivity contribution in [2.45, 2.75) is 0 Å². The molecule has 0 atom stereocenters. The van der Waals surface area contributed by atoms with Gasteiger partial charge in [0.2, 0.25) is 5.78 Å². The van der Waals surface area contributed by atoms with Crippen molar-refractivity contribution in [2.24, 2.45) is 5.10 Å². The van der Waals surface area contributed by atoms with Gasteiger partial charge in [-0.1, -0.05) is 48.5 Å². The average Bonchev–Trinajstić information content (AvgIpc) is 2.98. The lowest BCUT2D eigenvalue weighted by molar-refractivity contribution is 0.106. The predicted molar refractivity (Wildman–Crippen MR) is 74.6 cm³/mol. The van der Waals surface area contributed by atoms with E-state index >= 15 is 0 Å². The Kier molecular flexibility index (Phi) is 1.97. The van der Waals surface area contributed by atoms with Gasteiger partial charge in [0.15, 0.2) is 0 Å². The second-order valence-electron chi connectivity index (χ2n) is 4.54. The molecule has 2 aromatic carbocycles. The largest absolute Gasteiger partial charge is 0.285 e. The van der Waals surface area contributed by atoms with Crippen molar-refractivity contribution in [3.63, 3.8) is 0 Å².